The van der Waals surface area contributed by atoms with Crippen LogP contribution < -0.4 is 0 Å². The van der Waals surface area contributed by atoms with Crippen LogP contribution in [0.2, 0.25) is 0 Å². The molecule has 0 amide bonds. The van der Waals surface area contributed by atoms with Crippen molar-refractivity contribution in [1.29, 1.82) is 0 Å². The van der Waals surface area contributed by atoms with E-state index >= 15 is 0 Å². The molecule has 98 valence electrons. The van der Waals surface area contributed by atoms with Crippen LogP contribution in [0.4, 0.5) is 0 Å². The van der Waals surface area contributed by atoms with E-state index in [1.165, 1.54) is 49.0 Å². The molecule has 1 fully saturated rings. The van der Waals surface area contributed by atoms with Gasteiger partial charge in [-0.15, -0.1) is 11.3 Å². The van der Waals surface area contributed by atoms with Crippen molar-refractivity contribution in [2.75, 3.05) is 0 Å². The smallest absolute Gasteiger partial charge is 0.178 e. The maximum absolute atomic E-state index is 10.7. The lowest BCUT2D eigenvalue weighted by Crippen LogP contribution is -2.04. The summed E-state index contributed by atoms with van der Waals surface area (Å²) in [6.07, 6.45) is 7.57. The molecule has 1 aromatic heterocycles. The molecule has 3 rings (SSSR count). The van der Waals surface area contributed by atoms with Gasteiger partial charge >= 0.3 is 0 Å². The molecule has 0 aliphatic heterocycles. The quantitative estimate of drug-likeness (QED) is 0.759. The Hall–Kier alpha value is -1.48. The standard InChI is InChI=1S/C16H17NOS/c18-10-16-17-15(11-19-16)14-8-6-13(7-9-14)12-4-2-1-3-5-12/h6-12H,1-5H2. The van der Waals surface area contributed by atoms with Gasteiger partial charge in [-0.3, -0.25) is 4.79 Å². The number of rotatable bonds is 3. The van der Waals surface area contributed by atoms with E-state index in [9.17, 15) is 4.79 Å². The van der Waals surface area contributed by atoms with E-state index in [1.54, 1.807) is 0 Å². The first-order valence-corrected chi connectivity index (χ1v) is 7.76. The van der Waals surface area contributed by atoms with Crippen molar-refractivity contribution in [3.63, 3.8) is 0 Å². The van der Waals surface area contributed by atoms with E-state index in [0.29, 0.717) is 5.01 Å². The number of aromatic nitrogens is 1. The lowest BCUT2D eigenvalue weighted by atomic mass is 9.84. The molecule has 0 radical (unpaired) electrons. The molecule has 0 atom stereocenters. The summed E-state index contributed by atoms with van der Waals surface area (Å²) in [5.74, 6) is 0.740. The minimum atomic E-state index is 0.548. The molecule has 1 aromatic carbocycles. The van der Waals surface area contributed by atoms with E-state index in [-0.39, 0.29) is 0 Å². The zero-order chi connectivity index (χ0) is 13.1. The summed E-state index contributed by atoms with van der Waals surface area (Å²) in [7, 11) is 0. The lowest BCUT2D eigenvalue weighted by Gasteiger charge is -2.22. The van der Waals surface area contributed by atoms with Gasteiger partial charge in [0.1, 0.15) is 0 Å². The van der Waals surface area contributed by atoms with Crippen molar-refractivity contribution in [1.82, 2.24) is 4.98 Å². The second-order valence-corrected chi connectivity index (χ2v) is 6.04. The highest BCUT2D eigenvalue weighted by Crippen LogP contribution is 2.33. The zero-order valence-corrected chi connectivity index (χ0v) is 11.7. The highest BCUT2D eigenvalue weighted by molar-refractivity contribution is 7.11. The van der Waals surface area contributed by atoms with Gasteiger partial charge in [0.25, 0.3) is 0 Å². The Labute approximate surface area is 117 Å². The summed E-state index contributed by atoms with van der Waals surface area (Å²) in [6.45, 7) is 0. The normalized spacial score (nSPS) is 16.4. The maximum atomic E-state index is 10.7. The Kier molecular flexibility index (Phi) is 3.74. The second-order valence-electron chi connectivity index (χ2n) is 5.15. The fraction of sp³-hybridized carbons (Fsp3) is 0.375. The van der Waals surface area contributed by atoms with Gasteiger partial charge in [0, 0.05) is 10.9 Å². The predicted molar refractivity (Wildman–Crippen MR) is 78.8 cm³/mol. The van der Waals surface area contributed by atoms with Crippen LogP contribution in [0.5, 0.6) is 0 Å². The fourth-order valence-corrected chi connectivity index (χ4v) is 3.46. The Morgan fingerprint density at radius 1 is 1.11 bits per heavy atom. The molecule has 1 saturated carbocycles. The van der Waals surface area contributed by atoms with Crippen molar-refractivity contribution in [2.24, 2.45) is 0 Å². The molecular weight excluding hydrogens is 254 g/mol. The summed E-state index contributed by atoms with van der Waals surface area (Å²) in [5, 5.41) is 2.49. The highest BCUT2D eigenvalue weighted by atomic mass is 32.1. The van der Waals surface area contributed by atoms with E-state index in [2.05, 4.69) is 29.2 Å². The molecule has 1 aliphatic rings. The summed E-state index contributed by atoms with van der Waals surface area (Å²) in [5.41, 5.74) is 3.46. The molecule has 19 heavy (non-hydrogen) atoms. The highest BCUT2D eigenvalue weighted by Gasteiger charge is 2.15. The minimum Gasteiger partial charge on any atom is -0.295 e. The molecule has 0 N–H and O–H groups in total. The topological polar surface area (TPSA) is 30.0 Å². The lowest BCUT2D eigenvalue weighted by molar-refractivity contribution is 0.112. The third-order valence-corrected chi connectivity index (χ3v) is 4.68. The van der Waals surface area contributed by atoms with E-state index < -0.39 is 0 Å². The molecule has 0 unspecified atom stereocenters. The molecule has 3 heteroatoms. The number of benzene rings is 1. The Morgan fingerprint density at radius 2 is 1.84 bits per heavy atom. The molecule has 1 heterocycles. The van der Waals surface area contributed by atoms with Gasteiger partial charge in [-0.25, -0.2) is 4.98 Å². The van der Waals surface area contributed by atoms with Crippen LogP contribution in [0, 0.1) is 0 Å². The van der Waals surface area contributed by atoms with Crippen LogP contribution in [0.1, 0.15) is 53.4 Å². The average Bonchev–Trinajstić information content (AvgIpc) is 2.97. The van der Waals surface area contributed by atoms with Gasteiger partial charge in [-0.2, -0.15) is 0 Å². The number of thiazole rings is 1. The van der Waals surface area contributed by atoms with E-state index in [1.807, 2.05) is 5.38 Å². The van der Waals surface area contributed by atoms with E-state index in [4.69, 9.17) is 0 Å². The minimum absolute atomic E-state index is 0.548. The Balaban J connectivity index is 1.79. The van der Waals surface area contributed by atoms with Crippen LogP contribution in [0.3, 0.4) is 0 Å². The van der Waals surface area contributed by atoms with E-state index in [0.717, 1.165) is 23.5 Å². The zero-order valence-electron chi connectivity index (χ0n) is 10.8. The van der Waals surface area contributed by atoms with Gasteiger partial charge in [0.15, 0.2) is 11.3 Å². The first-order valence-electron chi connectivity index (χ1n) is 6.88. The van der Waals surface area contributed by atoms with Crippen LogP contribution in [-0.2, 0) is 0 Å². The van der Waals surface area contributed by atoms with Gasteiger partial charge in [0.2, 0.25) is 0 Å². The second kappa shape index (κ2) is 5.66. The van der Waals surface area contributed by atoms with Crippen molar-refractivity contribution in [3.8, 4) is 11.3 Å². The summed E-state index contributed by atoms with van der Waals surface area (Å²) >= 11 is 1.40. The van der Waals surface area contributed by atoms with Crippen LogP contribution in [-0.4, -0.2) is 11.3 Å². The first kappa shape index (κ1) is 12.5. The number of aldehydes is 1. The molecule has 0 saturated heterocycles. The summed E-state index contributed by atoms with van der Waals surface area (Å²) < 4.78 is 0. The van der Waals surface area contributed by atoms with Gasteiger partial charge < -0.3 is 0 Å². The molecule has 0 spiro atoms. The number of hydrogen-bond acceptors (Lipinski definition) is 3. The summed E-state index contributed by atoms with van der Waals surface area (Å²) in [4.78, 5) is 15.0. The van der Waals surface area contributed by atoms with Crippen molar-refractivity contribution < 1.29 is 4.79 Å². The number of hydrogen-bond donors (Lipinski definition) is 0. The fourth-order valence-electron chi connectivity index (χ4n) is 2.84. The third-order valence-electron chi connectivity index (χ3n) is 3.91. The Bertz CT molecular complexity index is 552. The molecule has 2 nitrogen and oxygen atoms in total. The van der Waals surface area contributed by atoms with Crippen LogP contribution in [0.15, 0.2) is 29.6 Å². The van der Waals surface area contributed by atoms with Gasteiger partial charge in [0.05, 0.1) is 5.69 Å². The molecular formula is C16H17NOS. The van der Waals surface area contributed by atoms with Crippen molar-refractivity contribution >= 4 is 17.6 Å². The van der Waals surface area contributed by atoms with Crippen LogP contribution in [0.25, 0.3) is 11.3 Å². The number of nitrogens with zero attached hydrogens (tertiary/aromatic N) is 1. The van der Waals surface area contributed by atoms with Gasteiger partial charge in [-0.05, 0) is 24.3 Å². The van der Waals surface area contributed by atoms with Gasteiger partial charge in [-0.1, -0.05) is 43.5 Å². The molecule has 0 bridgehead atoms. The number of carbonyl (C=O) groups excluding carboxylic acids is 1. The molecule has 2 aromatic rings. The number of carbonyl (C=O) groups is 1. The molecule has 1 aliphatic carbocycles. The third kappa shape index (κ3) is 2.76. The predicted octanol–water partition coefficient (Wildman–Crippen LogP) is 4.67. The first-order chi connectivity index (χ1) is 9.36. The summed E-state index contributed by atoms with van der Waals surface area (Å²) in [6, 6.07) is 8.72. The maximum Gasteiger partial charge on any atom is 0.178 e. The Morgan fingerprint density at radius 3 is 2.47 bits per heavy atom. The van der Waals surface area contributed by atoms with Crippen LogP contribution >= 0.6 is 11.3 Å². The van der Waals surface area contributed by atoms with Crippen molar-refractivity contribution in [3.05, 3.63) is 40.2 Å². The monoisotopic (exact) mass is 271 g/mol. The average molecular weight is 271 g/mol. The SMILES string of the molecule is O=Cc1nc(-c2ccc(C3CCCCC3)cc2)cs1. The largest absolute Gasteiger partial charge is 0.295 e. The van der Waals surface area contributed by atoms with Crippen molar-refractivity contribution in [2.45, 2.75) is 38.0 Å².